The number of fused-ring (bicyclic) bond motifs is 12. The van der Waals surface area contributed by atoms with Crippen LogP contribution in [0.5, 0.6) is 0 Å². The van der Waals surface area contributed by atoms with Gasteiger partial charge in [0.1, 0.15) is 48.2 Å². The summed E-state index contributed by atoms with van der Waals surface area (Å²) in [4.78, 5) is 75.0. The summed E-state index contributed by atoms with van der Waals surface area (Å²) in [7, 11) is 0. The number of aliphatic hydroxyl groups is 3. The van der Waals surface area contributed by atoms with Crippen molar-refractivity contribution in [2.24, 2.45) is 32.5 Å². The van der Waals surface area contributed by atoms with Crippen LogP contribution in [0.2, 0.25) is 0 Å². The van der Waals surface area contributed by atoms with Crippen molar-refractivity contribution in [2.45, 2.75) is 184 Å². The van der Waals surface area contributed by atoms with Gasteiger partial charge < -0.3 is 24.3 Å². The molecule has 0 bridgehead atoms. The van der Waals surface area contributed by atoms with Crippen molar-refractivity contribution in [3.8, 4) is 62.0 Å². The van der Waals surface area contributed by atoms with Gasteiger partial charge in [-0.25, -0.2) is 29.9 Å². The van der Waals surface area contributed by atoms with Crippen molar-refractivity contribution in [2.75, 3.05) is 0 Å². The summed E-state index contributed by atoms with van der Waals surface area (Å²) in [6.07, 6.45) is 17.5. The zero-order valence-electron chi connectivity index (χ0n) is 80.7. The van der Waals surface area contributed by atoms with Crippen molar-refractivity contribution in [3.05, 3.63) is 277 Å². The first kappa shape index (κ1) is 106. The van der Waals surface area contributed by atoms with E-state index in [2.05, 4.69) is 215 Å². The predicted molar refractivity (Wildman–Crippen MR) is 550 cm³/mol. The molecule has 3 radical (unpaired) electrons. The molecule has 705 valence electrons. The average Bonchev–Trinajstić information content (AvgIpc) is 1.60. The van der Waals surface area contributed by atoms with Crippen LogP contribution >= 0.6 is 45.3 Å². The van der Waals surface area contributed by atoms with Crippen molar-refractivity contribution >= 4 is 156 Å². The molecule has 17 nitrogen and oxygen atoms in total. The molecule has 0 saturated heterocycles. The summed E-state index contributed by atoms with van der Waals surface area (Å²) in [5, 5.41) is 41.5. The molecule has 0 unspecified atom stereocenters. The van der Waals surface area contributed by atoms with E-state index in [9.17, 15) is 29.7 Å². The van der Waals surface area contributed by atoms with Gasteiger partial charge in [-0.15, -0.1) is 82.6 Å². The fourth-order valence-corrected chi connectivity index (χ4v) is 19.2. The zero-order chi connectivity index (χ0) is 95.4. The quantitative estimate of drug-likeness (QED) is 0.0584. The van der Waals surface area contributed by atoms with E-state index >= 15 is 0 Å². The van der Waals surface area contributed by atoms with Gasteiger partial charge in [-0.2, -0.15) is 34.0 Å². The van der Waals surface area contributed by atoms with Crippen LogP contribution in [0.4, 0.5) is 0 Å². The number of nitrogens with zero attached hydrogens (tertiary/aromatic N) is 10. The van der Waals surface area contributed by atoms with Crippen molar-refractivity contribution < 1.29 is 94.4 Å². The molecule has 0 atom stereocenters. The Morgan fingerprint density at radius 3 is 1.03 bits per heavy atom. The summed E-state index contributed by atoms with van der Waals surface area (Å²) in [5.74, 6) is 1.74. The minimum Gasteiger partial charge on any atom is -0.512 e. The van der Waals surface area contributed by atoms with Crippen molar-refractivity contribution in [1.29, 1.82) is 0 Å². The number of thiophene rings is 3. The van der Waals surface area contributed by atoms with Crippen LogP contribution in [0, 0.1) is 50.7 Å². The molecule has 18 rings (SSSR count). The number of imidazole rings is 1. The first-order valence-corrected chi connectivity index (χ1v) is 47.6. The van der Waals surface area contributed by atoms with Gasteiger partial charge in [-0.1, -0.05) is 267 Å². The number of allylic oxidation sites excluding steroid dienone is 6. The number of hydrogen-bond acceptors (Lipinski definition) is 20. The van der Waals surface area contributed by atoms with Gasteiger partial charge in [-0.05, 0) is 105 Å². The Morgan fingerprint density at radius 1 is 0.385 bits per heavy atom. The maximum absolute atomic E-state index is 11.5. The maximum Gasteiger partial charge on any atom is 0.181 e. The first-order chi connectivity index (χ1) is 62.3. The second-order valence-electron chi connectivity index (χ2n) is 40.0. The number of ketones is 3. The molecular weight excluding hydrogens is 2290 g/mol. The summed E-state index contributed by atoms with van der Waals surface area (Å²) in [6, 6.07) is 61.5. The van der Waals surface area contributed by atoms with E-state index in [-0.39, 0.29) is 111 Å². The molecule has 24 heteroatoms. The van der Waals surface area contributed by atoms with Crippen LogP contribution in [0.15, 0.2) is 247 Å². The Morgan fingerprint density at radius 2 is 0.726 bits per heavy atom. The molecular formula is C111H115Ir3N10O7S4-3. The van der Waals surface area contributed by atoms with Crippen molar-refractivity contribution in [3.63, 3.8) is 0 Å². The van der Waals surface area contributed by atoms with Crippen LogP contribution < -0.4 is 0 Å². The van der Waals surface area contributed by atoms with Crippen molar-refractivity contribution in [1.82, 2.24) is 49.4 Å². The van der Waals surface area contributed by atoms with E-state index < -0.39 is 16.2 Å². The Kier molecular flexibility index (Phi) is 34.5. The second kappa shape index (κ2) is 43.7. The Bertz CT molecular complexity index is 6680. The topological polar surface area (TPSA) is 246 Å². The van der Waals surface area contributed by atoms with Gasteiger partial charge in [0.2, 0.25) is 0 Å². The summed E-state index contributed by atoms with van der Waals surface area (Å²) in [5.41, 5.74) is 17.1. The van der Waals surface area contributed by atoms with Crippen LogP contribution in [0.3, 0.4) is 0 Å². The van der Waals surface area contributed by atoms with Gasteiger partial charge in [0.05, 0.1) is 34.1 Å². The smallest absolute Gasteiger partial charge is 0.181 e. The minimum atomic E-state index is -0.417. The number of oxazole rings is 1. The fraction of sp³-hybridized carbons (Fsp3) is 0.297. The Labute approximate surface area is 847 Å². The molecule has 0 amide bonds. The van der Waals surface area contributed by atoms with Gasteiger partial charge in [0.25, 0.3) is 0 Å². The van der Waals surface area contributed by atoms with E-state index in [1.54, 1.807) is 49.1 Å². The van der Waals surface area contributed by atoms with Crippen LogP contribution in [-0.2, 0) is 74.7 Å². The number of thiazole rings is 1. The van der Waals surface area contributed by atoms with E-state index in [0.29, 0.717) is 17.8 Å². The van der Waals surface area contributed by atoms with Crippen LogP contribution in [0.1, 0.15) is 201 Å². The fourth-order valence-electron chi connectivity index (χ4n) is 14.3. The first-order valence-electron chi connectivity index (χ1n) is 44.2. The molecule has 18 aromatic rings. The van der Waals surface area contributed by atoms with Gasteiger partial charge in [0, 0.05) is 177 Å². The normalized spacial score (nSPS) is 12.3. The third-order valence-corrected chi connectivity index (χ3v) is 27.0. The molecule has 0 fully saturated rings. The number of rotatable bonds is 12. The largest absolute Gasteiger partial charge is 0.512 e. The van der Waals surface area contributed by atoms with Gasteiger partial charge in [-0.3, -0.25) is 29.3 Å². The zero-order valence-corrected chi connectivity index (χ0v) is 91.1. The number of benzene rings is 9. The standard InChI is InChI=1S/C26H19N4S.C26H18N3OS.C26H18N3S2.3C11H20O2.3Ir/c1-16(2)18-5-3-6-19-20-7-4-8-22(26(20)31-25(18)19)24-21-10-9-17(30-12-11-27-15-30)13-23(21)28-14-29-24;2*1-15(2)17-5-3-6-18-19-7-4-8-21(26(19)31-25(17)18)24-20-10-9-16(23-12-30-14-29-23)11-22(20)27-13-28-24;3*1-10(2,3)8(12)7-9(13)11(4,5)6;;;/h3-7,9-16H,1-2H3;2*3-7,9-15H,1-2H3;3*7,12H,1-6H3;;;/q3*-1;;;;;;. The third kappa shape index (κ3) is 24.6. The Hall–Kier alpha value is -10.7. The summed E-state index contributed by atoms with van der Waals surface area (Å²) < 4.78 is 14.8. The number of hydrogen-bond donors (Lipinski definition) is 3. The molecule has 0 saturated carbocycles. The average molecular weight is 2410 g/mol. The monoisotopic (exact) mass is 2410 g/mol. The second-order valence-corrected chi connectivity index (χ2v) is 43.7. The molecule has 9 aromatic heterocycles. The van der Waals surface area contributed by atoms with E-state index in [1.165, 1.54) is 102 Å². The summed E-state index contributed by atoms with van der Waals surface area (Å²) >= 11 is 7.12. The molecule has 9 aromatic carbocycles. The molecule has 9 heterocycles. The molecule has 0 aliphatic rings. The number of carbonyl (C=O) groups excluding carboxylic acids is 3. The molecule has 0 aliphatic heterocycles. The number of aliphatic hydroxyl groups excluding tert-OH is 3. The molecule has 0 aliphatic carbocycles. The third-order valence-electron chi connectivity index (χ3n) is 22.5. The van der Waals surface area contributed by atoms with E-state index in [0.717, 1.165) is 94.7 Å². The SMILES string of the molecule is CC(C)(C)C(=O)C=C(O)C(C)(C)C.CC(C)(C)C(=O)C=C(O)C(C)(C)C.CC(C)(C)C(=O)C=C(O)C(C)(C)C.CC(C)c1cccc2c1sc1c(-c3ncnc4cc(-c5cocn5)ccc34)[c-]ccc12.CC(C)c1cccc2c1sc1c(-c3ncnc4cc(-c5cscn5)ccc34)[c-]ccc12.CC(C)c1cccc2c1sc1c(-c3ncnc4cc(-n5ccnc5)ccc34)[c-]ccc12.[Ir].[Ir].[Ir]. The van der Waals surface area contributed by atoms with E-state index in [4.69, 9.17) is 14.4 Å². The van der Waals surface area contributed by atoms with E-state index in [1.807, 2.05) is 205 Å². The number of carbonyl (C=O) groups is 3. The number of aromatic nitrogens is 10. The van der Waals surface area contributed by atoms with Gasteiger partial charge >= 0.3 is 0 Å². The maximum atomic E-state index is 11.5. The Balaban J connectivity index is 0.000000175. The molecule has 135 heavy (non-hydrogen) atoms. The minimum absolute atomic E-state index is 0. The summed E-state index contributed by atoms with van der Waals surface area (Å²) in [6.45, 7) is 46.8. The molecule has 0 spiro atoms. The van der Waals surface area contributed by atoms with Crippen LogP contribution in [0.25, 0.3) is 155 Å². The molecule has 3 N–H and O–H groups in total. The van der Waals surface area contributed by atoms with Gasteiger partial charge in [0.15, 0.2) is 23.7 Å². The van der Waals surface area contributed by atoms with Crippen LogP contribution in [-0.4, -0.2) is 82.1 Å². The predicted octanol–water partition coefficient (Wildman–Crippen LogP) is 31.0.